The zero-order valence-corrected chi connectivity index (χ0v) is 11.0. The molecule has 0 unspecified atom stereocenters. The molecule has 0 bridgehead atoms. The highest BCUT2D eigenvalue weighted by atomic mass is 16.1. The van der Waals surface area contributed by atoms with Crippen molar-refractivity contribution in [3.8, 4) is 0 Å². The molecule has 0 spiro atoms. The summed E-state index contributed by atoms with van der Waals surface area (Å²) in [5, 5.41) is 4.37. The number of ketones is 1. The number of nitrogens with zero attached hydrogens (tertiary/aromatic N) is 1. The van der Waals surface area contributed by atoms with Crippen molar-refractivity contribution in [1.82, 2.24) is 5.32 Å². The molecule has 1 heterocycles. The monoisotopic (exact) mass is 244 g/mol. The third kappa shape index (κ3) is 4.26. The average molecular weight is 244 g/mol. The van der Waals surface area contributed by atoms with Gasteiger partial charge in [-0.3, -0.25) is 4.79 Å². The predicted octanol–water partition coefficient (Wildman–Crippen LogP) is 3.44. The number of hydrogen-bond donors (Lipinski definition) is 0. The van der Waals surface area contributed by atoms with Crippen LogP contribution in [0.1, 0.15) is 48.9 Å². The van der Waals surface area contributed by atoms with Gasteiger partial charge in [0, 0.05) is 25.1 Å². The summed E-state index contributed by atoms with van der Waals surface area (Å²) in [6, 6.07) is 9.62. The maximum atomic E-state index is 11.9. The van der Waals surface area contributed by atoms with E-state index in [2.05, 4.69) is 5.32 Å². The lowest BCUT2D eigenvalue weighted by Crippen LogP contribution is -2.22. The maximum Gasteiger partial charge on any atom is 0.162 e. The third-order valence-corrected chi connectivity index (χ3v) is 3.75. The van der Waals surface area contributed by atoms with Crippen molar-refractivity contribution in [2.24, 2.45) is 5.92 Å². The lowest BCUT2D eigenvalue weighted by atomic mass is 9.92. The van der Waals surface area contributed by atoms with Gasteiger partial charge < -0.3 is 0 Å². The van der Waals surface area contributed by atoms with Crippen molar-refractivity contribution in [1.29, 1.82) is 0 Å². The summed E-state index contributed by atoms with van der Waals surface area (Å²) in [7, 11) is 0. The molecule has 97 valence electrons. The number of unbranched alkanes of at least 4 members (excludes halogenated alkanes) is 1. The molecule has 1 saturated heterocycles. The van der Waals surface area contributed by atoms with Crippen molar-refractivity contribution >= 4 is 5.78 Å². The quantitative estimate of drug-likeness (QED) is 0.557. The van der Waals surface area contributed by atoms with E-state index < -0.39 is 0 Å². The Morgan fingerprint density at radius 3 is 2.56 bits per heavy atom. The Bertz CT molecular complexity index is 355. The molecule has 0 amide bonds. The Hall–Kier alpha value is -1.15. The molecule has 18 heavy (non-hydrogen) atoms. The van der Waals surface area contributed by atoms with E-state index in [0.29, 0.717) is 6.42 Å². The first kappa shape index (κ1) is 13.3. The second-order valence-corrected chi connectivity index (χ2v) is 5.15. The number of benzene rings is 1. The molecule has 1 fully saturated rings. The summed E-state index contributed by atoms with van der Waals surface area (Å²) in [5.74, 6) is 1.14. The SMILES string of the molecule is O=C(CCCCC1CC[N]CC1)c1ccccc1. The standard InChI is InChI=1S/C16H22NO/c18-16(15-7-2-1-3-8-15)9-5-4-6-14-10-12-17-13-11-14/h1-3,7-8,14H,4-6,9-13H2. The summed E-state index contributed by atoms with van der Waals surface area (Å²) in [6.07, 6.45) is 6.70. The van der Waals surface area contributed by atoms with Crippen LogP contribution in [-0.4, -0.2) is 18.9 Å². The van der Waals surface area contributed by atoms with E-state index in [9.17, 15) is 4.79 Å². The highest BCUT2D eigenvalue weighted by Gasteiger charge is 2.13. The van der Waals surface area contributed by atoms with Crippen molar-refractivity contribution in [3.63, 3.8) is 0 Å². The molecule has 1 radical (unpaired) electrons. The van der Waals surface area contributed by atoms with Crippen LogP contribution in [0, 0.1) is 5.92 Å². The lowest BCUT2D eigenvalue weighted by Gasteiger charge is -2.21. The molecule has 1 aliphatic rings. The Kier molecular flexibility index (Phi) is 5.40. The maximum absolute atomic E-state index is 11.9. The summed E-state index contributed by atoms with van der Waals surface area (Å²) in [4.78, 5) is 11.9. The van der Waals surface area contributed by atoms with Crippen LogP contribution >= 0.6 is 0 Å². The fraction of sp³-hybridized carbons (Fsp3) is 0.562. The zero-order valence-electron chi connectivity index (χ0n) is 11.0. The van der Waals surface area contributed by atoms with Gasteiger partial charge in [-0.25, -0.2) is 5.32 Å². The minimum absolute atomic E-state index is 0.286. The van der Waals surface area contributed by atoms with Crippen molar-refractivity contribution in [2.45, 2.75) is 38.5 Å². The number of hydrogen-bond acceptors (Lipinski definition) is 1. The van der Waals surface area contributed by atoms with Gasteiger partial charge in [-0.2, -0.15) is 0 Å². The van der Waals surface area contributed by atoms with Crippen LogP contribution in [0.4, 0.5) is 0 Å². The first-order valence-corrected chi connectivity index (χ1v) is 7.08. The Labute approximate surface area is 110 Å². The summed E-state index contributed by atoms with van der Waals surface area (Å²) in [6.45, 7) is 2.10. The summed E-state index contributed by atoms with van der Waals surface area (Å²) in [5.41, 5.74) is 0.856. The normalized spacial score (nSPS) is 16.7. The molecule has 1 aromatic rings. The minimum Gasteiger partial charge on any atom is -0.294 e. The fourth-order valence-corrected chi connectivity index (χ4v) is 2.58. The molecule has 2 nitrogen and oxygen atoms in total. The Morgan fingerprint density at radius 1 is 1.11 bits per heavy atom. The molecule has 0 aromatic heterocycles. The van der Waals surface area contributed by atoms with Gasteiger partial charge in [-0.05, 0) is 25.2 Å². The fourth-order valence-electron chi connectivity index (χ4n) is 2.58. The lowest BCUT2D eigenvalue weighted by molar-refractivity contribution is 0.0978. The topological polar surface area (TPSA) is 31.2 Å². The second-order valence-electron chi connectivity index (χ2n) is 5.15. The van der Waals surface area contributed by atoms with Crippen LogP contribution in [0.5, 0.6) is 0 Å². The molecule has 1 aromatic carbocycles. The average Bonchev–Trinajstić information content (AvgIpc) is 2.45. The predicted molar refractivity (Wildman–Crippen MR) is 73.8 cm³/mol. The number of Topliss-reactive ketones (excluding diaryl/α,β-unsaturated/α-hetero) is 1. The van der Waals surface area contributed by atoms with E-state index in [4.69, 9.17) is 0 Å². The molecule has 0 aliphatic carbocycles. The number of rotatable bonds is 6. The van der Waals surface area contributed by atoms with Crippen LogP contribution < -0.4 is 5.32 Å². The molecule has 2 rings (SSSR count). The van der Waals surface area contributed by atoms with Crippen LogP contribution in [-0.2, 0) is 0 Å². The molecular formula is C16H22NO. The van der Waals surface area contributed by atoms with E-state index in [1.165, 1.54) is 25.7 Å². The zero-order chi connectivity index (χ0) is 12.6. The van der Waals surface area contributed by atoms with Crippen LogP contribution in [0.15, 0.2) is 30.3 Å². The van der Waals surface area contributed by atoms with E-state index in [1.54, 1.807) is 0 Å². The van der Waals surface area contributed by atoms with Gasteiger partial charge >= 0.3 is 0 Å². The van der Waals surface area contributed by atoms with Gasteiger partial charge in [-0.15, -0.1) is 0 Å². The molecule has 0 N–H and O–H groups in total. The largest absolute Gasteiger partial charge is 0.294 e. The molecule has 1 aliphatic heterocycles. The Balaban J connectivity index is 1.62. The first-order chi connectivity index (χ1) is 8.86. The first-order valence-electron chi connectivity index (χ1n) is 7.08. The number of carbonyl (C=O) groups excluding carboxylic acids is 1. The number of piperidine rings is 1. The van der Waals surface area contributed by atoms with E-state index in [1.807, 2.05) is 30.3 Å². The summed E-state index contributed by atoms with van der Waals surface area (Å²) >= 11 is 0. The molecule has 2 heteroatoms. The van der Waals surface area contributed by atoms with E-state index in [-0.39, 0.29) is 5.78 Å². The van der Waals surface area contributed by atoms with Gasteiger partial charge in [0.05, 0.1) is 0 Å². The van der Waals surface area contributed by atoms with E-state index >= 15 is 0 Å². The van der Waals surface area contributed by atoms with Crippen molar-refractivity contribution in [3.05, 3.63) is 35.9 Å². The molecular weight excluding hydrogens is 222 g/mol. The van der Waals surface area contributed by atoms with Gasteiger partial charge in [0.15, 0.2) is 5.78 Å². The third-order valence-electron chi connectivity index (χ3n) is 3.75. The molecule has 0 atom stereocenters. The molecule has 0 saturated carbocycles. The van der Waals surface area contributed by atoms with Crippen LogP contribution in [0.2, 0.25) is 0 Å². The van der Waals surface area contributed by atoms with Crippen LogP contribution in [0.3, 0.4) is 0 Å². The minimum atomic E-state index is 0.286. The van der Waals surface area contributed by atoms with Gasteiger partial charge in [-0.1, -0.05) is 43.2 Å². The van der Waals surface area contributed by atoms with Crippen LogP contribution in [0.25, 0.3) is 0 Å². The summed E-state index contributed by atoms with van der Waals surface area (Å²) < 4.78 is 0. The highest BCUT2D eigenvalue weighted by Crippen LogP contribution is 2.20. The van der Waals surface area contributed by atoms with Crippen molar-refractivity contribution in [2.75, 3.05) is 13.1 Å². The van der Waals surface area contributed by atoms with Gasteiger partial charge in [0.2, 0.25) is 0 Å². The number of carbonyl (C=O) groups is 1. The second kappa shape index (κ2) is 7.32. The van der Waals surface area contributed by atoms with Crippen molar-refractivity contribution < 1.29 is 4.79 Å². The highest BCUT2D eigenvalue weighted by molar-refractivity contribution is 5.95. The van der Waals surface area contributed by atoms with Gasteiger partial charge in [0.1, 0.15) is 0 Å². The smallest absolute Gasteiger partial charge is 0.162 e. The van der Waals surface area contributed by atoms with E-state index in [0.717, 1.165) is 31.0 Å². The van der Waals surface area contributed by atoms with Gasteiger partial charge in [0.25, 0.3) is 0 Å². The Morgan fingerprint density at radius 2 is 1.83 bits per heavy atom.